The second kappa shape index (κ2) is 6.53. The van der Waals surface area contributed by atoms with Gasteiger partial charge in [-0.1, -0.05) is 26.2 Å². The lowest BCUT2D eigenvalue weighted by atomic mass is 9.83. The van der Waals surface area contributed by atoms with Crippen LogP contribution in [-0.4, -0.2) is 47.8 Å². The highest BCUT2D eigenvalue weighted by atomic mass is 16.5. The van der Waals surface area contributed by atoms with Gasteiger partial charge < -0.3 is 9.84 Å². The fraction of sp³-hybridized carbons (Fsp3) is 0.929. The lowest BCUT2D eigenvalue weighted by molar-refractivity contribution is -0.142. The van der Waals surface area contributed by atoms with Gasteiger partial charge in [0, 0.05) is 19.1 Å². The number of aliphatic carboxylic acids is 1. The second-order valence-electron chi connectivity index (χ2n) is 5.68. The third-order valence-corrected chi connectivity index (χ3v) is 4.42. The molecule has 0 bridgehead atoms. The van der Waals surface area contributed by atoms with E-state index < -0.39 is 5.97 Å². The van der Waals surface area contributed by atoms with E-state index in [4.69, 9.17) is 9.84 Å². The van der Waals surface area contributed by atoms with Crippen LogP contribution in [0.1, 0.15) is 45.4 Å². The molecule has 1 N–H and O–H groups in total. The summed E-state index contributed by atoms with van der Waals surface area (Å²) in [7, 11) is 0. The summed E-state index contributed by atoms with van der Waals surface area (Å²) in [5, 5.41) is 8.84. The molecule has 1 saturated heterocycles. The summed E-state index contributed by atoms with van der Waals surface area (Å²) >= 11 is 0. The van der Waals surface area contributed by atoms with Gasteiger partial charge in [0.05, 0.1) is 19.1 Å². The van der Waals surface area contributed by atoms with E-state index in [1.807, 2.05) is 0 Å². The minimum absolute atomic E-state index is 0.113. The summed E-state index contributed by atoms with van der Waals surface area (Å²) in [5.74, 6) is 0.112. The Labute approximate surface area is 109 Å². The van der Waals surface area contributed by atoms with Crippen molar-refractivity contribution in [1.82, 2.24) is 4.90 Å². The highest BCUT2D eigenvalue weighted by Gasteiger charge is 2.30. The Kier molecular flexibility index (Phi) is 5.01. The first-order valence-electron chi connectivity index (χ1n) is 7.26. The summed E-state index contributed by atoms with van der Waals surface area (Å²) < 4.78 is 5.54. The number of carboxylic acids is 1. The molecule has 2 rings (SSSR count). The fourth-order valence-corrected chi connectivity index (χ4v) is 3.36. The van der Waals surface area contributed by atoms with Crippen molar-refractivity contribution in [2.24, 2.45) is 5.92 Å². The van der Waals surface area contributed by atoms with E-state index in [1.54, 1.807) is 0 Å². The van der Waals surface area contributed by atoms with Gasteiger partial charge in [0.1, 0.15) is 0 Å². The van der Waals surface area contributed by atoms with E-state index in [0.29, 0.717) is 12.6 Å². The zero-order valence-corrected chi connectivity index (χ0v) is 11.3. The molecule has 1 aliphatic carbocycles. The number of nitrogens with zero attached hydrogens (tertiary/aromatic N) is 1. The molecule has 1 heterocycles. The van der Waals surface area contributed by atoms with E-state index in [2.05, 4.69) is 11.8 Å². The Balaban J connectivity index is 1.85. The van der Waals surface area contributed by atoms with Crippen LogP contribution in [0.3, 0.4) is 0 Å². The summed E-state index contributed by atoms with van der Waals surface area (Å²) in [6.45, 7) is 4.73. The second-order valence-corrected chi connectivity index (χ2v) is 5.68. The van der Waals surface area contributed by atoms with Crippen molar-refractivity contribution < 1.29 is 14.6 Å². The summed E-state index contributed by atoms with van der Waals surface area (Å²) in [6, 6.07) is 0.656. The molecule has 0 aromatic carbocycles. The van der Waals surface area contributed by atoms with Crippen molar-refractivity contribution in [3.63, 3.8) is 0 Å². The molecule has 1 saturated carbocycles. The van der Waals surface area contributed by atoms with Crippen molar-refractivity contribution in [2.45, 2.75) is 57.6 Å². The average Bonchev–Trinajstić information content (AvgIpc) is 2.38. The molecule has 0 spiro atoms. The summed E-state index contributed by atoms with van der Waals surface area (Å²) in [5.41, 5.74) is 0. The van der Waals surface area contributed by atoms with E-state index in [1.165, 1.54) is 32.1 Å². The van der Waals surface area contributed by atoms with Gasteiger partial charge in [0.2, 0.25) is 0 Å². The van der Waals surface area contributed by atoms with Gasteiger partial charge in [-0.05, 0) is 18.8 Å². The Bertz CT molecular complexity index is 282. The molecule has 4 nitrogen and oxygen atoms in total. The Morgan fingerprint density at radius 2 is 2.28 bits per heavy atom. The molecular weight excluding hydrogens is 230 g/mol. The Morgan fingerprint density at radius 3 is 3.00 bits per heavy atom. The summed E-state index contributed by atoms with van der Waals surface area (Å²) in [6.07, 6.45) is 6.56. The van der Waals surface area contributed by atoms with Gasteiger partial charge in [-0.25, -0.2) is 0 Å². The number of hydrogen-bond acceptors (Lipinski definition) is 3. The molecule has 104 valence electrons. The van der Waals surface area contributed by atoms with Crippen molar-refractivity contribution >= 4 is 5.97 Å². The normalized spacial score (nSPS) is 34.4. The standard InChI is InChI=1S/C14H25NO3/c1-2-11-4-3-5-12(8-11)15-6-7-18-13(10-15)9-14(16)17/h11-13H,2-10H2,1H3,(H,16,17). The van der Waals surface area contributed by atoms with Crippen molar-refractivity contribution in [2.75, 3.05) is 19.7 Å². The highest BCUT2D eigenvalue weighted by molar-refractivity contribution is 5.67. The van der Waals surface area contributed by atoms with Crippen molar-refractivity contribution in [3.05, 3.63) is 0 Å². The van der Waals surface area contributed by atoms with E-state index in [-0.39, 0.29) is 12.5 Å². The van der Waals surface area contributed by atoms with Crippen molar-refractivity contribution in [1.29, 1.82) is 0 Å². The smallest absolute Gasteiger partial charge is 0.306 e. The van der Waals surface area contributed by atoms with Gasteiger partial charge in [-0.15, -0.1) is 0 Å². The zero-order valence-electron chi connectivity index (χ0n) is 11.3. The number of carbonyl (C=O) groups is 1. The van der Waals surface area contributed by atoms with E-state index in [9.17, 15) is 4.79 Å². The predicted octanol–water partition coefficient (Wildman–Crippen LogP) is 2.13. The molecular formula is C14H25NO3. The monoisotopic (exact) mass is 255 g/mol. The minimum Gasteiger partial charge on any atom is -0.481 e. The van der Waals surface area contributed by atoms with Crippen molar-refractivity contribution in [3.8, 4) is 0 Å². The van der Waals surface area contributed by atoms with Crippen LogP contribution in [0.15, 0.2) is 0 Å². The molecule has 2 aliphatic rings. The molecule has 1 aliphatic heterocycles. The maximum atomic E-state index is 10.8. The zero-order chi connectivity index (χ0) is 13.0. The Hall–Kier alpha value is -0.610. The van der Waals surface area contributed by atoms with E-state index in [0.717, 1.165) is 19.0 Å². The Morgan fingerprint density at radius 1 is 1.44 bits per heavy atom. The average molecular weight is 255 g/mol. The van der Waals surface area contributed by atoms with Crippen LogP contribution in [0.2, 0.25) is 0 Å². The number of hydrogen-bond donors (Lipinski definition) is 1. The van der Waals surface area contributed by atoms with Gasteiger partial charge in [0.15, 0.2) is 0 Å². The molecule has 4 heteroatoms. The minimum atomic E-state index is -0.753. The van der Waals surface area contributed by atoms with Gasteiger partial charge in [0.25, 0.3) is 0 Å². The van der Waals surface area contributed by atoms with Crippen LogP contribution in [0.25, 0.3) is 0 Å². The van der Waals surface area contributed by atoms with Gasteiger partial charge >= 0.3 is 5.97 Å². The molecule has 18 heavy (non-hydrogen) atoms. The number of ether oxygens (including phenoxy) is 1. The fourth-order valence-electron chi connectivity index (χ4n) is 3.36. The molecule has 3 unspecified atom stereocenters. The molecule has 0 aromatic rings. The molecule has 3 atom stereocenters. The number of carboxylic acid groups (broad SMARTS) is 1. The lowest BCUT2D eigenvalue weighted by Gasteiger charge is -2.41. The SMILES string of the molecule is CCC1CCCC(N2CCOC(CC(=O)O)C2)C1. The first-order chi connectivity index (χ1) is 8.69. The molecule has 0 amide bonds. The first kappa shape index (κ1) is 13.8. The third-order valence-electron chi connectivity index (χ3n) is 4.42. The van der Waals surface area contributed by atoms with Crippen LogP contribution < -0.4 is 0 Å². The number of rotatable bonds is 4. The van der Waals surface area contributed by atoms with E-state index >= 15 is 0 Å². The predicted molar refractivity (Wildman–Crippen MR) is 69.6 cm³/mol. The van der Waals surface area contributed by atoms with Gasteiger partial charge in [-0.3, -0.25) is 9.69 Å². The van der Waals surface area contributed by atoms with Gasteiger partial charge in [-0.2, -0.15) is 0 Å². The maximum absolute atomic E-state index is 10.8. The van der Waals surface area contributed by atoms with Crippen LogP contribution in [0, 0.1) is 5.92 Å². The quantitative estimate of drug-likeness (QED) is 0.836. The summed E-state index contributed by atoms with van der Waals surface area (Å²) in [4.78, 5) is 13.2. The molecule has 0 aromatic heterocycles. The van der Waals surface area contributed by atoms with Crippen LogP contribution in [0.4, 0.5) is 0 Å². The first-order valence-corrected chi connectivity index (χ1v) is 7.26. The van der Waals surface area contributed by atoms with Crippen LogP contribution in [0.5, 0.6) is 0 Å². The largest absolute Gasteiger partial charge is 0.481 e. The number of morpholine rings is 1. The molecule has 0 radical (unpaired) electrons. The van der Waals surface area contributed by atoms with Crippen LogP contribution in [-0.2, 0) is 9.53 Å². The topological polar surface area (TPSA) is 49.8 Å². The maximum Gasteiger partial charge on any atom is 0.306 e. The van der Waals surface area contributed by atoms with Crippen LogP contribution >= 0.6 is 0 Å². The molecule has 2 fully saturated rings. The lowest BCUT2D eigenvalue weighted by Crippen LogP contribution is -2.49. The highest BCUT2D eigenvalue weighted by Crippen LogP contribution is 2.30. The third kappa shape index (κ3) is 3.69.